The van der Waals surface area contributed by atoms with Gasteiger partial charge in [-0.05, 0) is 50.3 Å². The van der Waals surface area contributed by atoms with Crippen molar-refractivity contribution in [3.63, 3.8) is 0 Å². The van der Waals surface area contributed by atoms with Crippen LogP contribution in [0.25, 0.3) is 0 Å². The van der Waals surface area contributed by atoms with Gasteiger partial charge in [-0.1, -0.05) is 0 Å². The van der Waals surface area contributed by atoms with Gasteiger partial charge in [0.25, 0.3) is 5.91 Å². The predicted molar refractivity (Wildman–Crippen MR) is 78.7 cm³/mol. The first-order valence-corrected chi connectivity index (χ1v) is 7.46. The van der Waals surface area contributed by atoms with Crippen molar-refractivity contribution >= 4 is 11.6 Å². The first-order valence-electron chi connectivity index (χ1n) is 7.46. The quantitative estimate of drug-likeness (QED) is 0.816. The van der Waals surface area contributed by atoms with E-state index in [0.717, 1.165) is 31.2 Å². The molecule has 1 saturated heterocycles. The molecule has 20 heavy (non-hydrogen) atoms. The second-order valence-corrected chi connectivity index (χ2v) is 5.91. The molecule has 0 aromatic carbocycles. The van der Waals surface area contributed by atoms with E-state index in [1.54, 1.807) is 6.20 Å². The summed E-state index contributed by atoms with van der Waals surface area (Å²) >= 11 is 0. The summed E-state index contributed by atoms with van der Waals surface area (Å²) in [7, 11) is 0. The number of pyridine rings is 1. The molecule has 1 aliphatic carbocycles. The van der Waals surface area contributed by atoms with Gasteiger partial charge < -0.3 is 16.0 Å². The van der Waals surface area contributed by atoms with Crippen molar-refractivity contribution in [2.45, 2.75) is 31.7 Å². The number of amides is 1. The second kappa shape index (κ2) is 5.79. The molecule has 2 fully saturated rings. The number of nitrogens with two attached hydrogens (primary N) is 1. The van der Waals surface area contributed by atoms with Gasteiger partial charge in [0.15, 0.2) is 0 Å². The molecular formula is C15H22N4O. The average Bonchev–Trinajstić information content (AvgIpc) is 3.12. The van der Waals surface area contributed by atoms with Crippen molar-refractivity contribution in [1.82, 2.24) is 10.3 Å². The highest BCUT2D eigenvalue weighted by Gasteiger charge is 2.27. The largest absolute Gasteiger partial charge is 0.370 e. The maximum Gasteiger partial charge on any atom is 0.267 e. The minimum absolute atomic E-state index is 0.350. The molecule has 108 valence electrons. The van der Waals surface area contributed by atoms with Crippen LogP contribution in [-0.4, -0.2) is 36.6 Å². The number of carbonyl (C=O) groups is 1. The summed E-state index contributed by atoms with van der Waals surface area (Å²) in [4.78, 5) is 17.7. The highest BCUT2D eigenvalue weighted by atomic mass is 16.1. The standard InChI is InChI=1S/C15H22N4O/c16-15(20)14-8-13(5-7-18-14)19(9-11-3-4-11)10-12-2-1-6-17-12/h5,7-8,11-12,17H,1-4,6,9-10H2,(H2,16,20). The van der Waals surface area contributed by atoms with E-state index in [1.807, 2.05) is 12.1 Å². The Morgan fingerprint density at radius 3 is 2.90 bits per heavy atom. The summed E-state index contributed by atoms with van der Waals surface area (Å²) in [5.41, 5.74) is 6.74. The van der Waals surface area contributed by atoms with Crippen LogP contribution in [0.15, 0.2) is 18.3 Å². The van der Waals surface area contributed by atoms with Gasteiger partial charge in [-0.3, -0.25) is 9.78 Å². The zero-order valence-electron chi connectivity index (χ0n) is 11.7. The molecule has 0 bridgehead atoms. The number of nitrogens with zero attached hydrogens (tertiary/aromatic N) is 2. The minimum atomic E-state index is -0.461. The summed E-state index contributed by atoms with van der Waals surface area (Å²) in [5, 5.41) is 3.54. The van der Waals surface area contributed by atoms with Crippen LogP contribution in [0, 0.1) is 5.92 Å². The van der Waals surface area contributed by atoms with E-state index in [4.69, 9.17) is 5.73 Å². The van der Waals surface area contributed by atoms with Gasteiger partial charge in [0.05, 0.1) is 0 Å². The number of primary amides is 1. The molecule has 3 rings (SSSR count). The lowest BCUT2D eigenvalue weighted by Crippen LogP contribution is -2.38. The topological polar surface area (TPSA) is 71.2 Å². The summed E-state index contributed by atoms with van der Waals surface area (Å²) in [5.74, 6) is 0.346. The molecule has 1 aromatic heterocycles. The van der Waals surface area contributed by atoms with E-state index in [1.165, 1.54) is 25.7 Å². The maximum absolute atomic E-state index is 11.3. The number of aromatic nitrogens is 1. The maximum atomic E-state index is 11.3. The predicted octanol–water partition coefficient (Wildman–Crippen LogP) is 1.15. The smallest absolute Gasteiger partial charge is 0.267 e. The molecule has 1 saturated carbocycles. The van der Waals surface area contributed by atoms with Gasteiger partial charge in [-0.25, -0.2) is 0 Å². The molecule has 0 radical (unpaired) electrons. The van der Waals surface area contributed by atoms with Crippen molar-refractivity contribution in [2.24, 2.45) is 11.7 Å². The van der Waals surface area contributed by atoms with Gasteiger partial charge in [0.2, 0.25) is 0 Å². The molecule has 1 unspecified atom stereocenters. The third-order valence-electron chi connectivity index (χ3n) is 4.14. The number of hydrogen-bond donors (Lipinski definition) is 2. The summed E-state index contributed by atoms with van der Waals surface area (Å²) in [6.07, 6.45) is 6.81. The number of anilines is 1. The molecule has 1 aliphatic heterocycles. The van der Waals surface area contributed by atoms with E-state index >= 15 is 0 Å². The fourth-order valence-electron chi connectivity index (χ4n) is 2.83. The van der Waals surface area contributed by atoms with Gasteiger partial charge >= 0.3 is 0 Å². The fraction of sp³-hybridized carbons (Fsp3) is 0.600. The second-order valence-electron chi connectivity index (χ2n) is 5.91. The Balaban J connectivity index is 1.75. The van der Waals surface area contributed by atoms with Crippen LogP contribution in [0.1, 0.15) is 36.2 Å². The Labute approximate surface area is 119 Å². The average molecular weight is 274 g/mol. The molecule has 5 heteroatoms. The Kier molecular flexibility index (Phi) is 3.87. The van der Waals surface area contributed by atoms with E-state index in [2.05, 4.69) is 15.2 Å². The van der Waals surface area contributed by atoms with E-state index in [-0.39, 0.29) is 0 Å². The van der Waals surface area contributed by atoms with Gasteiger partial charge in [0, 0.05) is 31.0 Å². The van der Waals surface area contributed by atoms with Gasteiger partial charge in [-0.2, -0.15) is 0 Å². The minimum Gasteiger partial charge on any atom is -0.370 e. The molecule has 0 spiro atoms. The van der Waals surface area contributed by atoms with Crippen molar-refractivity contribution < 1.29 is 4.79 Å². The lowest BCUT2D eigenvalue weighted by atomic mass is 10.2. The van der Waals surface area contributed by atoms with Crippen molar-refractivity contribution in [3.8, 4) is 0 Å². The number of rotatable bonds is 6. The summed E-state index contributed by atoms with van der Waals surface area (Å²) in [6.45, 7) is 3.18. The molecule has 3 N–H and O–H groups in total. The van der Waals surface area contributed by atoms with Gasteiger partial charge in [-0.15, -0.1) is 0 Å². The van der Waals surface area contributed by atoms with Crippen molar-refractivity contribution in [3.05, 3.63) is 24.0 Å². The van der Waals surface area contributed by atoms with Crippen LogP contribution >= 0.6 is 0 Å². The fourth-order valence-corrected chi connectivity index (χ4v) is 2.83. The zero-order chi connectivity index (χ0) is 13.9. The third-order valence-corrected chi connectivity index (χ3v) is 4.14. The molecule has 1 aromatic rings. The lowest BCUT2D eigenvalue weighted by Gasteiger charge is -2.28. The molecule has 1 amide bonds. The van der Waals surface area contributed by atoms with E-state index in [0.29, 0.717) is 11.7 Å². The summed E-state index contributed by atoms with van der Waals surface area (Å²) in [6, 6.07) is 4.35. The van der Waals surface area contributed by atoms with Crippen LogP contribution in [-0.2, 0) is 0 Å². The monoisotopic (exact) mass is 274 g/mol. The van der Waals surface area contributed by atoms with Crippen molar-refractivity contribution in [1.29, 1.82) is 0 Å². The van der Waals surface area contributed by atoms with Crippen LogP contribution < -0.4 is 16.0 Å². The SMILES string of the molecule is NC(=O)c1cc(N(CC2CC2)CC2CCCN2)ccn1. The normalized spacial score (nSPS) is 21.9. The molecular weight excluding hydrogens is 252 g/mol. The van der Waals surface area contributed by atoms with E-state index < -0.39 is 5.91 Å². The number of nitrogens with one attached hydrogen (secondary N) is 1. The van der Waals surface area contributed by atoms with Gasteiger partial charge in [0.1, 0.15) is 5.69 Å². The third kappa shape index (κ3) is 3.28. The van der Waals surface area contributed by atoms with Crippen molar-refractivity contribution in [2.75, 3.05) is 24.5 Å². The molecule has 5 nitrogen and oxygen atoms in total. The van der Waals surface area contributed by atoms with Crippen LogP contribution in [0.3, 0.4) is 0 Å². The highest BCUT2D eigenvalue weighted by Crippen LogP contribution is 2.31. The summed E-state index contributed by atoms with van der Waals surface area (Å²) < 4.78 is 0. The lowest BCUT2D eigenvalue weighted by molar-refractivity contribution is 0.0995. The Morgan fingerprint density at radius 1 is 1.40 bits per heavy atom. The first-order chi connectivity index (χ1) is 9.72. The molecule has 1 atom stereocenters. The Bertz CT molecular complexity index is 481. The van der Waals surface area contributed by atoms with Crippen LogP contribution in [0.2, 0.25) is 0 Å². The zero-order valence-corrected chi connectivity index (χ0v) is 11.7. The number of hydrogen-bond acceptors (Lipinski definition) is 4. The first kappa shape index (κ1) is 13.4. The van der Waals surface area contributed by atoms with Crippen LogP contribution in [0.4, 0.5) is 5.69 Å². The highest BCUT2D eigenvalue weighted by molar-refractivity contribution is 5.91. The van der Waals surface area contributed by atoms with Crippen LogP contribution in [0.5, 0.6) is 0 Å². The Morgan fingerprint density at radius 2 is 2.25 bits per heavy atom. The molecule has 2 heterocycles. The molecule has 2 aliphatic rings. The van der Waals surface area contributed by atoms with E-state index in [9.17, 15) is 4.79 Å². The Hall–Kier alpha value is -1.62. The number of carbonyl (C=O) groups excluding carboxylic acids is 1.